The number of hydrogen-bond acceptors (Lipinski definition) is 0. The molecule has 0 atom stereocenters. The Morgan fingerprint density at radius 3 is 0.958 bits per heavy atom. The summed E-state index contributed by atoms with van der Waals surface area (Å²) in [7, 11) is -0.719. The summed E-state index contributed by atoms with van der Waals surface area (Å²) in [5, 5.41) is 1.04. The Hall–Kier alpha value is 0.589. The van der Waals surface area contributed by atoms with Crippen molar-refractivity contribution in [3.8, 4) is 0 Å². The van der Waals surface area contributed by atoms with Gasteiger partial charge >= 0.3 is 161 Å². The summed E-state index contributed by atoms with van der Waals surface area (Å²) >= 11 is 3.43. The van der Waals surface area contributed by atoms with Gasteiger partial charge in [0, 0.05) is 0 Å². The van der Waals surface area contributed by atoms with Gasteiger partial charge < -0.3 is 0 Å². The van der Waals surface area contributed by atoms with E-state index in [0.29, 0.717) is 0 Å². The average Bonchev–Trinajstić information content (AvgIpc) is 2.54. The molecule has 5 heteroatoms. The quantitative estimate of drug-likeness (QED) is 0.363. The minimum atomic E-state index is -0.359. The molecule has 0 unspecified atom stereocenters. The minimum absolute atomic E-state index is 0.259. The fourth-order valence-electron chi connectivity index (χ4n) is 3.97. The van der Waals surface area contributed by atoms with Crippen LogP contribution < -0.4 is 0 Å². The van der Waals surface area contributed by atoms with E-state index in [0.717, 1.165) is 0 Å². The zero-order chi connectivity index (χ0) is 19.3. The van der Waals surface area contributed by atoms with E-state index in [1.54, 1.807) is 0 Å². The molecule has 2 nitrogen and oxygen atoms in total. The first-order valence-electron chi connectivity index (χ1n) is 8.80. The standard InChI is InChI=1S/C19H38N2P2Se/c1-16(2,3)22(17(4,5)6)20-13-14-21(15(20)24)23(18(7,8)9)19(10,11)12/h13-14H,1-12H3. The van der Waals surface area contributed by atoms with Crippen molar-refractivity contribution in [2.45, 2.75) is 104 Å². The van der Waals surface area contributed by atoms with Crippen LogP contribution >= 0.6 is 16.1 Å². The molecule has 0 aliphatic heterocycles. The van der Waals surface area contributed by atoms with Gasteiger partial charge in [-0.15, -0.1) is 0 Å². The van der Waals surface area contributed by atoms with Gasteiger partial charge in [0.2, 0.25) is 0 Å². The van der Waals surface area contributed by atoms with Crippen LogP contribution in [0.3, 0.4) is 0 Å². The second-order valence-corrected chi connectivity index (χ2v) is 18.8. The molecule has 0 radical (unpaired) electrons. The molecule has 0 fully saturated rings. The predicted molar refractivity (Wildman–Crippen MR) is 115 cm³/mol. The molecule has 0 aliphatic carbocycles. The topological polar surface area (TPSA) is 9.86 Å². The zero-order valence-corrected chi connectivity index (χ0v) is 21.4. The van der Waals surface area contributed by atoms with Crippen LogP contribution in [0.15, 0.2) is 12.4 Å². The van der Waals surface area contributed by atoms with Crippen LogP contribution in [0.2, 0.25) is 0 Å². The SMILES string of the molecule is CC(C)(C)P(n1ccn(P(C(C)(C)C)C(C)(C)C)c1=[Se])C(C)(C)C. The molecule has 0 amide bonds. The van der Waals surface area contributed by atoms with Gasteiger partial charge in [-0.05, 0) is 0 Å². The molecular weight excluding hydrogens is 397 g/mol. The van der Waals surface area contributed by atoms with Crippen LogP contribution in [-0.4, -0.2) is 44.9 Å². The fourth-order valence-corrected chi connectivity index (χ4v) is 12.9. The van der Waals surface area contributed by atoms with E-state index in [9.17, 15) is 0 Å². The van der Waals surface area contributed by atoms with E-state index >= 15 is 0 Å². The van der Waals surface area contributed by atoms with Crippen molar-refractivity contribution in [2.24, 2.45) is 0 Å². The second-order valence-electron chi connectivity index (χ2n) is 10.6. The monoisotopic (exact) mass is 436 g/mol. The number of aromatic nitrogens is 2. The van der Waals surface area contributed by atoms with Gasteiger partial charge in [0.05, 0.1) is 0 Å². The van der Waals surface area contributed by atoms with E-state index in [2.05, 4.69) is 120 Å². The van der Waals surface area contributed by atoms with Gasteiger partial charge in [-0.2, -0.15) is 0 Å². The third-order valence-corrected chi connectivity index (χ3v) is 11.7. The molecule has 1 aromatic rings. The Morgan fingerprint density at radius 2 is 0.792 bits per heavy atom. The van der Waals surface area contributed by atoms with E-state index < -0.39 is 0 Å². The van der Waals surface area contributed by atoms with E-state index in [1.807, 2.05) is 0 Å². The molecule has 1 heterocycles. The van der Waals surface area contributed by atoms with Crippen molar-refractivity contribution >= 4 is 31.7 Å². The van der Waals surface area contributed by atoms with Crippen LogP contribution in [0.5, 0.6) is 0 Å². The van der Waals surface area contributed by atoms with Crippen LogP contribution in [0.25, 0.3) is 0 Å². The average molecular weight is 435 g/mol. The maximum absolute atomic E-state index is 3.43. The Morgan fingerprint density at radius 1 is 0.583 bits per heavy atom. The molecule has 1 aromatic heterocycles. The normalized spacial score (nSPS) is 14.8. The molecule has 0 spiro atoms. The molecule has 140 valence electrons. The summed E-state index contributed by atoms with van der Waals surface area (Å²) in [4.78, 5) is 0. The van der Waals surface area contributed by atoms with E-state index in [-0.39, 0.29) is 36.8 Å². The van der Waals surface area contributed by atoms with E-state index in [4.69, 9.17) is 0 Å². The molecule has 0 aliphatic rings. The van der Waals surface area contributed by atoms with Crippen LogP contribution in [-0.2, 0) is 0 Å². The molecule has 1 rings (SSSR count). The molecule has 0 aromatic carbocycles. The van der Waals surface area contributed by atoms with Crippen LogP contribution in [0.4, 0.5) is 0 Å². The Kier molecular flexibility index (Phi) is 6.56. The first-order valence-corrected chi connectivity index (χ1v) is 12.2. The van der Waals surface area contributed by atoms with Crippen molar-refractivity contribution in [2.75, 3.05) is 0 Å². The van der Waals surface area contributed by atoms with Crippen LogP contribution in [0.1, 0.15) is 83.1 Å². The van der Waals surface area contributed by atoms with Crippen molar-refractivity contribution in [1.29, 1.82) is 0 Å². The summed E-state index contributed by atoms with van der Waals surface area (Å²) in [5.41, 5.74) is 0. The summed E-state index contributed by atoms with van der Waals surface area (Å²) in [6, 6.07) is 0. The summed E-state index contributed by atoms with van der Waals surface area (Å²) in [5.74, 6) is 0. The molecule has 24 heavy (non-hydrogen) atoms. The molecule has 0 bridgehead atoms. The number of imidazole rings is 1. The molecule has 0 N–H and O–H groups in total. The second kappa shape index (κ2) is 6.96. The first kappa shape index (κ1) is 22.6. The predicted octanol–water partition coefficient (Wildman–Crippen LogP) is 6.67. The van der Waals surface area contributed by atoms with Crippen molar-refractivity contribution < 1.29 is 0 Å². The Balaban J connectivity index is 3.59. The van der Waals surface area contributed by atoms with Gasteiger partial charge in [0.15, 0.2) is 0 Å². The maximum atomic E-state index is 3.43. The third kappa shape index (κ3) is 5.07. The molecule has 0 saturated heterocycles. The summed E-state index contributed by atoms with van der Waals surface area (Å²) in [6.45, 7) is 28.5. The molecular formula is C19H38N2P2Se. The van der Waals surface area contributed by atoms with Gasteiger partial charge in [-0.25, -0.2) is 0 Å². The van der Waals surface area contributed by atoms with Crippen LogP contribution in [0, 0.1) is 4.32 Å². The zero-order valence-electron chi connectivity index (χ0n) is 17.9. The molecule has 0 saturated carbocycles. The fraction of sp³-hybridized carbons (Fsp3) is 0.842. The van der Waals surface area contributed by atoms with Gasteiger partial charge in [0.25, 0.3) is 0 Å². The Bertz CT molecular complexity index is 535. The third-order valence-electron chi connectivity index (χ3n) is 3.71. The van der Waals surface area contributed by atoms with Gasteiger partial charge in [-0.3, -0.25) is 0 Å². The number of hydrogen-bond donors (Lipinski definition) is 0. The first-order chi connectivity index (χ1) is 10.4. The number of nitrogens with zero attached hydrogens (tertiary/aromatic N) is 2. The van der Waals surface area contributed by atoms with E-state index in [1.165, 1.54) is 4.32 Å². The van der Waals surface area contributed by atoms with Crippen molar-refractivity contribution in [1.82, 2.24) is 8.68 Å². The van der Waals surface area contributed by atoms with Crippen molar-refractivity contribution in [3.05, 3.63) is 16.7 Å². The van der Waals surface area contributed by atoms with Gasteiger partial charge in [0.1, 0.15) is 0 Å². The summed E-state index contributed by atoms with van der Waals surface area (Å²) in [6.07, 6.45) is 4.64. The Labute approximate surface area is 160 Å². The summed E-state index contributed by atoms with van der Waals surface area (Å²) < 4.78 is 6.38. The number of rotatable bonds is 2. The van der Waals surface area contributed by atoms with Crippen molar-refractivity contribution in [3.63, 3.8) is 0 Å². The van der Waals surface area contributed by atoms with Gasteiger partial charge in [-0.1, -0.05) is 0 Å².